The topological polar surface area (TPSA) is 51.6 Å². The first-order valence-electron chi connectivity index (χ1n) is 15.4. The Balaban J connectivity index is 1.13. The van der Waals surface area contributed by atoms with Crippen molar-refractivity contribution in [1.29, 1.82) is 0 Å². The third-order valence-electron chi connectivity index (χ3n) is 8.85. The fraction of sp³-hybridized carbons (Fsp3) is 0. The van der Waals surface area contributed by atoms with Gasteiger partial charge < -0.3 is 0 Å². The summed E-state index contributed by atoms with van der Waals surface area (Å²) >= 11 is 0. The van der Waals surface area contributed by atoms with Crippen LogP contribution in [-0.2, 0) is 0 Å². The van der Waals surface area contributed by atoms with E-state index in [2.05, 4.69) is 131 Å². The van der Waals surface area contributed by atoms with Gasteiger partial charge in [-0.1, -0.05) is 133 Å². The van der Waals surface area contributed by atoms with Gasteiger partial charge in [-0.2, -0.15) is 0 Å². The first kappa shape index (κ1) is 26.2. The summed E-state index contributed by atoms with van der Waals surface area (Å²) in [5.74, 6) is 0.699. The molecule has 0 N–H and O–H groups in total. The average molecular weight is 587 g/mol. The molecule has 0 radical (unpaired) electrons. The number of benzene rings is 7. The van der Waals surface area contributed by atoms with Gasteiger partial charge in [0.1, 0.15) is 6.33 Å². The van der Waals surface area contributed by atoms with E-state index < -0.39 is 0 Å². The maximum absolute atomic E-state index is 5.04. The van der Waals surface area contributed by atoms with Crippen LogP contribution in [-0.4, -0.2) is 19.9 Å². The van der Waals surface area contributed by atoms with Crippen LogP contribution in [0.1, 0.15) is 0 Å². The molecule has 9 aromatic rings. The molecule has 4 nitrogen and oxygen atoms in total. The van der Waals surface area contributed by atoms with Crippen molar-refractivity contribution in [2.75, 3.05) is 0 Å². The van der Waals surface area contributed by atoms with Crippen molar-refractivity contribution in [1.82, 2.24) is 19.9 Å². The van der Waals surface area contributed by atoms with E-state index in [4.69, 9.17) is 9.97 Å². The van der Waals surface area contributed by atoms with E-state index in [1.165, 1.54) is 43.4 Å². The second-order valence-corrected chi connectivity index (χ2v) is 11.6. The molecule has 0 bridgehead atoms. The second kappa shape index (κ2) is 10.7. The van der Waals surface area contributed by atoms with Gasteiger partial charge in [0.2, 0.25) is 0 Å². The molecule has 0 atom stereocenters. The molecule has 4 heteroatoms. The minimum atomic E-state index is 0.699. The summed E-state index contributed by atoms with van der Waals surface area (Å²) in [5, 5.41) is 7.77. The Morgan fingerprint density at radius 2 is 0.935 bits per heavy atom. The van der Waals surface area contributed by atoms with Crippen LogP contribution < -0.4 is 0 Å². The van der Waals surface area contributed by atoms with Crippen LogP contribution in [0.5, 0.6) is 0 Å². The highest BCUT2D eigenvalue weighted by Gasteiger charge is 2.14. The lowest BCUT2D eigenvalue weighted by molar-refractivity contribution is 1.17. The largest absolute Gasteiger partial charge is 0.244 e. The van der Waals surface area contributed by atoms with Crippen molar-refractivity contribution in [3.63, 3.8) is 0 Å². The second-order valence-electron chi connectivity index (χ2n) is 11.6. The summed E-state index contributed by atoms with van der Waals surface area (Å²) in [5.41, 5.74) is 9.24. The van der Waals surface area contributed by atoms with Crippen LogP contribution in [0.2, 0.25) is 0 Å². The molecule has 2 aromatic heterocycles. The van der Waals surface area contributed by atoms with Crippen LogP contribution in [0.4, 0.5) is 0 Å². The predicted octanol–water partition coefficient (Wildman–Crippen LogP) is 10.5. The predicted molar refractivity (Wildman–Crippen MR) is 189 cm³/mol. The molecule has 0 fully saturated rings. The van der Waals surface area contributed by atoms with Gasteiger partial charge in [-0.15, -0.1) is 0 Å². The Labute approximate surface area is 266 Å². The van der Waals surface area contributed by atoms with Gasteiger partial charge in [0, 0.05) is 34.6 Å². The summed E-state index contributed by atoms with van der Waals surface area (Å²) in [4.78, 5) is 18.4. The third kappa shape index (κ3) is 4.47. The first-order valence-corrected chi connectivity index (χ1v) is 15.4. The van der Waals surface area contributed by atoms with Crippen LogP contribution in [0.3, 0.4) is 0 Å². The van der Waals surface area contributed by atoms with Crippen LogP contribution in [0.25, 0.3) is 88.5 Å². The molecule has 0 saturated heterocycles. The molecule has 214 valence electrons. The number of rotatable bonds is 5. The molecule has 46 heavy (non-hydrogen) atoms. The monoisotopic (exact) mass is 586 g/mol. The van der Waals surface area contributed by atoms with E-state index in [-0.39, 0.29) is 0 Å². The highest BCUT2D eigenvalue weighted by molar-refractivity contribution is 6.25. The summed E-state index contributed by atoms with van der Waals surface area (Å²) < 4.78 is 0. The van der Waals surface area contributed by atoms with E-state index in [1.54, 1.807) is 6.33 Å². The maximum Gasteiger partial charge on any atom is 0.160 e. The van der Waals surface area contributed by atoms with Crippen molar-refractivity contribution in [3.8, 4) is 56.2 Å². The molecule has 0 unspecified atom stereocenters. The van der Waals surface area contributed by atoms with Gasteiger partial charge in [0.15, 0.2) is 5.82 Å². The molecule has 7 aromatic carbocycles. The third-order valence-corrected chi connectivity index (χ3v) is 8.85. The number of hydrogen-bond donors (Lipinski definition) is 0. The molecule has 0 aliphatic rings. The molecule has 2 heterocycles. The van der Waals surface area contributed by atoms with Gasteiger partial charge in [0.05, 0.1) is 11.4 Å². The Bertz CT molecular complexity index is 2470. The number of nitrogens with zero attached hydrogens (tertiary/aromatic N) is 4. The van der Waals surface area contributed by atoms with E-state index in [0.717, 1.165) is 39.2 Å². The molecule has 0 aliphatic heterocycles. The van der Waals surface area contributed by atoms with Crippen LogP contribution in [0.15, 0.2) is 158 Å². The SMILES string of the molecule is c1ccc(-c2nc(-c3ccc(-c4cncnc4)cc3)cc(-c3ccc(-c4ccc5ccc6cccc7ccc4c5c67)cc3)n2)cc1. The average Bonchev–Trinajstić information content (AvgIpc) is 3.14. The highest BCUT2D eigenvalue weighted by atomic mass is 14.9. The van der Waals surface area contributed by atoms with E-state index in [9.17, 15) is 0 Å². The van der Waals surface area contributed by atoms with Gasteiger partial charge >= 0.3 is 0 Å². The molecular weight excluding hydrogens is 560 g/mol. The zero-order chi connectivity index (χ0) is 30.5. The highest BCUT2D eigenvalue weighted by Crippen LogP contribution is 2.39. The van der Waals surface area contributed by atoms with Gasteiger partial charge in [-0.25, -0.2) is 19.9 Å². The minimum absolute atomic E-state index is 0.699. The summed E-state index contributed by atoms with van der Waals surface area (Å²) in [6.45, 7) is 0. The Morgan fingerprint density at radius 1 is 0.370 bits per heavy atom. The lowest BCUT2D eigenvalue weighted by Gasteiger charge is -2.14. The van der Waals surface area contributed by atoms with Crippen molar-refractivity contribution in [2.24, 2.45) is 0 Å². The number of aromatic nitrogens is 4. The number of hydrogen-bond acceptors (Lipinski definition) is 4. The van der Waals surface area contributed by atoms with Crippen LogP contribution in [0, 0.1) is 0 Å². The van der Waals surface area contributed by atoms with Crippen molar-refractivity contribution in [3.05, 3.63) is 158 Å². The zero-order valence-corrected chi connectivity index (χ0v) is 24.8. The molecule has 0 saturated carbocycles. The summed E-state index contributed by atoms with van der Waals surface area (Å²) in [6, 6.07) is 49.4. The van der Waals surface area contributed by atoms with E-state index in [1.807, 2.05) is 30.6 Å². The van der Waals surface area contributed by atoms with E-state index >= 15 is 0 Å². The zero-order valence-electron chi connectivity index (χ0n) is 24.8. The Morgan fingerprint density at radius 3 is 1.61 bits per heavy atom. The molecule has 0 amide bonds. The summed E-state index contributed by atoms with van der Waals surface area (Å²) in [6.07, 6.45) is 5.19. The Hall–Kier alpha value is -6.26. The Kier molecular flexibility index (Phi) is 6.10. The van der Waals surface area contributed by atoms with Crippen LogP contribution >= 0.6 is 0 Å². The molecule has 9 rings (SSSR count). The first-order chi connectivity index (χ1) is 22.8. The van der Waals surface area contributed by atoms with Gasteiger partial charge in [-0.3, -0.25) is 0 Å². The van der Waals surface area contributed by atoms with Crippen molar-refractivity contribution >= 4 is 32.3 Å². The smallest absolute Gasteiger partial charge is 0.160 e. The fourth-order valence-electron chi connectivity index (χ4n) is 6.55. The standard InChI is InChI=1S/C42H26N4/c1-2-5-34(6-3-1)42-45-38(29-13-9-27(10-14-29)35-24-43-26-44-25-35)23-39(46-42)30-15-11-28(12-16-30)36-21-19-33-18-17-31-7-4-8-32-20-22-37(36)41(33)40(31)32/h1-26H. The van der Waals surface area contributed by atoms with E-state index in [0.29, 0.717) is 5.82 Å². The quantitative estimate of drug-likeness (QED) is 0.188. The molecule has 0 spiro atoms. The lowest BCUT2D eigenvalue weighted by Crippen LogP contribution is -1.96. The normalized spacial score (nSPS) is 11.5. The molecule has 0 aliphatic carbocycles. The maximum atomic E-state index is 5.04. The molecular formula is C42H26N4. The fourth-order valence-corrected chi connectivity index (χ4v) is 6.55. The van der Waals surface area contributed by atoms with Crippen molar-refractivity contribution in [2.45, 2.75) is 0 Å². The minimum Gasteiger partial charge on any atom is -0.244 e. The lowest BCUT2D eigenvalue weighted by atomic mass is 9.89. The summed E-state index contributed by atoms with van der Waals surface area (Å²) in [7, 11) is 0. The van der Waals surface area contributed by atoms with Gasteiger partial charge in [-0.05, 0) is 55.1 Å². The van der Waals surface area contributed by atoms with Gasteiger partial charge in [0.25, 0.3) is 0 Å². The van der Waals surface area contributed by atoms with Crippen molar-refractivity contribution < 1.29 is 0 Å².